The molecule has 0 saturated carbocycles. The van der Waals surface area contributed by atoms with E-state index in [4.69, 9.17) is 10.2 Å². The third kappa shape index (κ3) is 5.07. The molecule has 164 valence electrons. The molecular weight excluding hydrogens is 420 g/mol. The number of anilines is 1. The molecule has 32 heavy (non-hydrogen) atoms. The number of primary sulfonamides is 1. The lowest BCUT2D eigenvalue weighted by atomic mass is 10.0. The third-order valence-electron chi connectivity index (χ3n) is 5.47. The van der Waals surface area contributed by atoms with Crippen LogP contribution in [0.2, 0.25) is 0 Å². The van der Waals surface area contributed by atoms with Gasteiger partial charge in [0, 0.05) is 29.6 Å². The zero-order valence-electron chi connectivity index (χ0n) is 18.1. The van der Waals surface area contributed by atoms with Crippen LogP contribution in [0.3, 0.4) is 0 Å². The number of aromatic nitrogens is 2. The highest BCUT2D eigenvalue weighted by molar-refractivity contribution is 7.89. The first-order valence-electron chi connectivity index (χ1n) is 10.3. The normalized spacial score (nSPS) is 11.5. The van der Waals surface area contributed by atoms with Crippen LogP contribution in [-0.4, -0.2) is 18.2 Å². The molecule has 0 bridgehead atoms. The highest BCUT2D eigenvalue weighted by Gasteiger charge is 2.13. The molecule has 6 nitrogen and oxygen atoms in total. The molecule has 0 aliphatic rings. The Bertz CT molecular complexity index is 1330. The predicted octanol–water partition coefficient (Wildman–Crippen LogP) is 4.47. The van der Waals surface area contributed by atoms with Crippen molar-refractivity contribution >= 4 is 15.7 Å². The van der Waals surface area contributed by atoms with E-state index in [2.05, 4.69) is 55.7 Å². The lowest BCUT2D eigenvalue weighted by molar-refractivity contribution is 0.598. The maximum Gasteiger partial charge on any atom is 0.238 e. The summed E-state index contributed by atoms with van der Waals surface area (Å²) in [7, 11) is -3.70. The van der Waals surface area contributed by atoms with Crippen molar-refractivity contribution in [3.05, 3.63) is 101 Å². The quantitative estimate of drug-likeness (QED) is 0.438. The lowest BCUT2D eigenvalue weighted by Crippen LogP contribution is -2.12. The van der Waals surface area contributed by atoms with Crippen molar-refractivity contribution in [3.63, 3.8) is 0 Å². The van der Waals surface area contributed by atoms with Crippen molar-refractivity contribution in [1.82, 2.24) is 9.78 Å². The van der Waals surface area contributed by atoms with Crippen molar-refractivity contribution in [2.45, 2.75) is 31.8 Å². The number of nitrogens with one attached hydrogen (secondary N) is 1. The summed E-state index contributed by atoms with van der Waals surface area (Å²) < 4.78 is 24.9. The van der Waals surface area contributed by atoms with Crippen molar-refractivity contribution < 1.29 is 8.42 Å². The Labute approximate surface area is 188 Å². The van der Waals surface area contributed by atoms with Crippen LogP contribution in [0.1, 0.15) is 22.3 Å². The summed E-state index contributed by atoms with van der Waals surface area (Å²) in [5.74, 6) is 0. The molecule has 0 aliphatic heterocycles. The molecule has 3 N–H and O–H groups in total. The van der Waals surface area contributed by atoms with Gasteiger partial charge in [-0.15, -0.1) is 0 Å². The van der Waals surface area contributed by atoms with E-state index in [0.29, 0.717) is 13.1 Å². The van der Waals surface area contributed by atoms with Crippen LogP contribution in [0.5, 0.6) is 0 Å². The second kappa shape index (κ2) is 8.98. The zero-order valence-corrected chi connectivity index (χ0v) is 18.9. The Morgan fingerprint density at radius 3 is 2.31 bits per heavy atom. The van der Waals surface area contributed by atoms with Gasteiger partial charge < -0.3 is 5.32 Å². The van der Waals surface area contributed by atoms with E-state index in [9.17, 15) is 8.42 Å². The van der Waals surface area contributed by atoms with Gasteiger partial charge in [-0.2, -0.15) is 5.10 Å². The molecule has 1 aromatic heterocycles. The monoisotopic (exact) mass is 446 g/mol. The Morgan fingerprint density at radius 1 is 0.938 bits per heavy atom. The Morgan fingerprint density at radius 2 is 1.66 bits per heavy atom. The molecule has 0 radical (unpaired) electrons. The average molecular weight is 447 g/mol. The van der Waals surface area contributed by atoms with E-state index in [-0.39, 0.29) is 4.90 Å². The lowest BCUT2D eigenvalue weighted by Gasteiger charge is -2.08. The van der Waals surface area contributed by atoms with E-state index in [1.54, 1.807) is 12.1 Å². The van der Waals surface area contributed by atoms with Crippen LogP contribution in [0.4, 0.5) is 5.69 Å². The molecule has 0 spiro atoms. The van der Waals surface area contributed by atoms with Gasteiger partial charge in [-0.1, -0.05) is 42.5 Å². The van der Waals surface area contributed by atoms with E-state index in [1.807, 2.05) is 22.9 Å². The Balaban J connectivity index is 1.62. The van der Waals surface area contributed by atoms with Crippen LogP contribution in [-0.2, 0) is 23.1 Å². The van der Waals surface area contributed by atoms with Gasteiger partial charge in [0.25, 0.3) is 0 Å². The number of hydrogen-bond acceptors (Lipinski definition) is 4. The van der Waals surface area contributed by atoms with Crippen LogP contribution in [0, 0.1) is 13.8 Å². The maximum atomic E-state index is 11.5. The first kappa shape index (κ1) is 21.8. The topological polar surface area (TPSA) is 90.0 Å². The highest BCUT2D eigenvalue weighted by Crippen LogP contribution is 2.26. The first-order valence-corrected chi connectivity index (χ1v) is 11.9. The molecule has 0 amide bonds. The average Bonchev–Trinajstić information content (AvgIpc) is 3.17. The molecule has 1 heterocycles. The SMILES string of the molecule is Cc1ccc(-c2nn(Cc3ccccc3)cc2CNc2ccc(S(N)(=O)=O)cc2)cc1C. The standard InChI is InChI=1S/C25H26N4O2S/c1-18-8-9-21(14-19(18)2)25-22(17-29(28-25)16-20-6-4-3-5-7-20)15-27-23-10-12-24(13-11-23)32(26,30)31/h3-14,17,27H,15-16H2,1-2H3,(H2,26,30,31). The summed E-state index contributed by atoms with van der Waals surface area (Å²) in [5.41, 5.74) is 7.50. The fraction of sp³-hybridized carbons (Fsp3) is 0.160. The fourth-order valence-corrected chi connectivity index (χ4v) is 4.05. The summed E-state index contributed by atoms with van der Waals surface area (Å²) in [4.78, 5) is 0.0922. The van der Waals surface area contributed by atoms with Gasteiger partial charge in [-0.05, 0) is 60.9 Å². The fourth-order valence-electron chi connectivity index (χ4n) is 3.54. The zero-order chi connectivity index (χ0) is 22.7. The summed E-state index contributed by atoms with van der Waals surface area (Å²) in [6, 6.07) is 23.0. The van der Waals surface area contributed by atoms with Gasteiger partial charge in [-0.25, -0.2) is 13.6 Å². The van der Waals surface area contributed by atoms with Gasteiger partial charge >= 0.3 is 0 Å². The van der Waals surface area contributed by atoms with Gasteiger partial charge in [0.1, 0.15) is 0 Å². The van der Waals surface area contributed by atoms with Crippen molar-refractivity contribution in [2.24, 2.45) is 5.14 Å². The minimum absolute atomic E-state index is 0.0922. The number of rotatable bonds is 7. The number of sulfonamides is 1. The molecule has 4 rings (SSSR count). The minimum atomic E-state index is -3.70. The van der Waals surface area contributed by atoms with Crippen molar-refractivity contribution in [2.75, 3.05) is 5.32 Å². The van der Waals surface area contributed by atoms with Crippen LogP contribution in [0.15, 0.2) is 83.9 Å². The summed E-state index contributed by atoms with van der Waals surface area (Å²) in [6.07, 6.45) is 2.06. The second-order valence-corrected chi connectivity index (χ2v) is 9.47. The van der Waals surface area contributed by atoms with Gasteiger partial charge in [-0.3, -0.25) is 4.68 Å². The Kier molecular flexibility index (Phi) is 6.12. The predicted molar refractivity (Wildman–Crippen MR) is 128 cm³/mol. The summed E-state index contributed by atoms with van der Waals surface area (Å²) >= 11 is 0. The van der Waals surface area contributed by atoms with Crippen molar-refractivity contribution in [3.8, 4) is 11.3 Å². The Hall–Kier alpha value is -3.42. The number of aryl methyl sites for hydroxylation is 2. The number of nitrogens with zero attached hydrogens (tertiary/aromatic N) is 2. The van der Waals surface area contributed by atoms with Crippen molar-refractivity contribution in [1.29, 1.82) is 0 Å². The van der Waals surface area contributed by atoms with Gasteiger partial charge in [0.2, 0.25) is 10.0 Å². The first-order chi connectivity index (χ1) is 15.3. The number of hydrogen-bond donors (Lipinski definition) is 2. The minimum Gasteiger partial charge on any atom is -0.381 e. The highest BCUT2D eigenvalue weighted by atomic mass is 32.2. The molecular formula is C25H26N4O2S. The van der Waals surface area contributed by atoms with Gasteiger partial charge in [0.15, 0.2) is 0 Å². The maximum absolute atomic E-state index is 11.5. The summed E-state index contributed by atoms with van der Waals surface area (Å²) in [5, 5.41) is 13.4. The van der Waals surface area contributed by atoms with E-state index in [0.717, 1.165) is 22.5 Å². The van der Waals surface area contributed by atoms with E-state index < -0.39 is 10.0 Å². The number of benzene rings is 3. The molecule has 0 fully saturated rings. The van der Waals surface area contributed by atoms with E-state index in [1.165, 1.54) is 28.8 Å². The molecule has 0 saturated heterocycles. The molecule has 3 aromatic carbocycles. The largest absolute Gasteiger partial charge is 0.381 e. The smallest absolute Gasteiger partial charge is 0.238 e. The molecule has 0 unspecified atom stereocenters. The third-order valence-corrected chi connectivity index (χ3v) is 6.40. The molecule has 0 atom stereocenters. The number of nitrogens with two attached hydrogens (primary N) is 1. The molecule has 7 heteroatoms. The summed E-state index contributed by atoms with van der Waals surface area (Å²) in [6.45, 7) is 5.43. The van der Waals surface area contributed by atoms with Gasteiger partial charge in [0.05, 0.1) is 17.1 Å². The van der Waals surface area contributed by atoms with Crippen LogP contribution in [0.25, 0.3) is 11.3 Å². The second-order valence-electron chi connectivity index (χ2n) is 7.91. The molecule has 0 aliphatic carbocycles. The van der Waals surface area contributed by atoms with Crippen LogP contribution < -0.4 is 10.5 Å². The van der Waals surface area contributed by atoms with Crippen LogP contribution >= 0.6 is 0 Å². The van der Waals surface area contributed by atoms with E-state index >= 15 is 0 Å². The molecule has 4 aromatic rings.